The number of hydrogen-bond acceptors (Lipinski definition) is 4. The molecule has 0 rings (SSSR count). The van der Waals surface area contributed by atoms with Gasteiger partial charge in [0.25, 0.3) is 0 Å². The number of hydrogen-bond donors (Lipinski definition) is 0. The maximum atomic E-state index is 12.9. The summed E-state index contributed by atoms with van der Waals surface area (Å²) in [6.45, 7) is -10.7. The van der Waals surface area contributed by atoms with Gasteiger partial charge >= 0.3 is 215 Å². The molecule has 256 valence electrons. The van der Waals surface area contributed by atoms with Gasteiger partial charge in [0.1, 0.15) is 0 Å². The third kappa shape index (κ3) is 11.1. The molecule has 0 aromatic rings. The van der Waals surface area contributed by atoms with Crippen LogP contribution in [0.4, 0.5) is 105 Å². The van der Waals surface area contributed by atoms with Gasteiger partial charge < -0.3 is 0 Å². The second-order valence-electron chi connectivity index (χ2n) is 7.00. The van der Waals surface area contributed by atoms with Crippen LogP contribution in [-0.4, -0.2) is 73.8 Å². The van der Waals surface area contributed by atoms with Gasteiger partial charge in [0.15, 0.2) is 0 Å². The van der Waals surface area contributed by atoms with Gasteiger partial charge in [-0.25, -0.2) is 0 Å². The van der Waals surface area contributed by atoms with E-state index in [0.29, 0.717) is 0 Å². The molecule has 0 N–H and O–H groups in total. The van der Waals surface area contributed by atoms with Crippen LogP contribution in [0, 0.1) is 0 Å². The molecule has 0 aromatic carbocycles. The second-order valence-corrected chi connectivity index (χ2v) is 10.9. The normalized spacial score (nSPS) is 17.0. The molecule has 42 heavy (non-hydrogen) atoms. The van der Waals surface area contributed by atoms with Crippen LogP contribution in [0.1, 0.15) is 0 Å². The van der Waals surface area contributed by atoms with E-state index in [-0.39, 0.29) is 0 Å². The molecule has 0 saturated heterocycles. The molecule has 30 heteroatoms. The van der Waals surface area contributed by atoms with Gasteiger partial charge in [-0.05, 0) is 0 Å². The SMILES string of the molecule is FC(F)(F)C(OP(Cl)(OC(C(F)(F)F)C(F)(F)F)(OC(C(F)(F)F)C(F)(F)F)OC(C(F)(F)F)C(F)(F)F)C(F)(F)F. The molecule has 0 fully saturated rings. The Hall–Kier alpha value is -1.12. The number of halogens is 25. The van der Waals surface area contributed by atoms with Gasteiger partial charge in [-0.2, -0.15) is 0 Å². The van der Waals surface area contributed by atoms with Crippen LogP contribution < -0.4 is 0 Å². The van der Waals surface area contributed by atoms with E-state index in [1.54, 1.807) is 0 Å². The minimum atomic E-state index is -10.7. The van der Waals surface area contributed by atoms with E-state index in [4.69, 9.17) is 0 Å². The van der Waals surface area contributed by atoms with Crippen LogP contribution in [0.25, 0.3) is 0 Å². The fourth-order valence-corrected chi connectivity index (χ4v) is 5.61. The van der Waals surface area contributed by atoms with Crippen molar-refractivity contribution in [2.24, 2.45) is 0 Å². The zero-order chi connectivity index (χ0) is 34.6. The summed E-state index contributed by atoms with van der Waals surface area (Å²) in [7, 11) is 0. The zero-order valence-electron chi connectivity index (χ0n) is 17.8. The predicted molar refractivity (Wildman–Crippen MR) is 80.7 cm³/mol. The molecule has 0 atom stereocenters. The second kappa shape index (κ2) is 11.3. The van der Waals surface area contributed by atoms with Gasteiger partial charge in [-0.1, -0.05) is 0 Å². The van der Waals surface area contributed by atoms with Crippen LogP contribution >= 0.6 is 18.1 Å². The van der Waals surface area contributed by atoms with Gasteiger partial charge in [0.2, 0.25) is 0 Å². The van der Waals surface area contributed by atoms with E-state index >= 15 is 0 Å². The van der Waals surface area contributed by atoms with Crippen LogP contribution in [0.2, 0.25) is 0 Å². The topological polar surface area (TPSA) is 36.9 Å². The molecule has 0 heterocycles. The molecule has 4 nitrogen and oxygen atoms in total. The number of alkyl halides is 24. The van der Waals surface area contributed by atoms with Crippen molar-refractivity contribution in [2.75, 3.05) is 0 Å². The van der Waals surface area contributed by atoms with Crippen molar-refractivity contribution in [3.05, 3.63) is 0 Å². The Bertz CT molecular complexity index is 701. The zero-order valence-corrected chi connectivity index (χ0v) is 19.5. The van der Waals surface area contributed by atoms with Gasteiger partial charge in [-0.3, -0.25) is 0 Å². The van der Waals surface area contributed by atoms with E-state index in [1.165, 1.54) is 0 Å². The third-order valence-corrected chi connectivity index (χ3v) is 6.63. The Kier molecular flexibility index (Phi) is 11.0. The molecule has 0 unspecified atom stereocenters. The minimum absolute atomic E-state index is 2.20. The Balaban J connectivity index is 8.32. The van der Waals surface area contributed by atoms with Crippen molar-refractivity contribution in [1.29, 1.82) is 0 Å². The average Bonchev–Trinajstić information content (AvgIpc) is 2.61. The van der Waals surface area contributed by atoms with Gasteiger partial charge in [0, 0.05) is 0 Å². The summed E-state index contributed by atoms with van der Waals surface area (Å²) in [6, 6.07) is 0. The Morgan fingerprint density at radius 1 is 0.286 bits per heavy atom. The summed E-state index contributed by atoms with van der Waals surface area (Å²) in [5.41, 5.74) is 0. The Morgan fingerprint density at radius 2 is 0.381 bits per heavy atom. The first-order valence-electron chi connectivity index (χ1n) is 8.69. The van der Waals surface area contributed by atoms with Crippen molar-refractivity contribution in [1.82, 2.24) is 0 Å². The van der Waals surface area contributed by atoms with Crippen LogP contribution in [0.3, 0.4) is 0 Å². The molecule has 0 aliphatic heterocycles. The van der Waals surface area contributed by atoms with Crippen molar-refractivity contribution in [3.63, 3.8) is 0 Å². The van der Waals surface area contributed by atoms with E-state index < -0.39 is 80.7 Å². The molecular formula is C12H4ClF24O4P. The van der Waals surface area contributed by atoms with Crippen molar-refractivity contribution < 1.29 is 123 Å². The fraction of sp³-hybridized carbons (Fsp3) is 1.00. The maximum absolute atomic E-state index is 12.9. The molecule has 0 amide bonds. The standard InChI is InChI=1S/C12H4ClF24O4P/c13-42(38-1(5(14,15)16)6(17,18)19,39-2(7(20,21)22)8(23,24)25,40-3(9(26,27)28)10(29,30)31)41-4(11(32,33)34)12(35,36)37/h1-4H. The predicted octanol–water partition coefficient (Wildman–Crippen LogP) is 9.39. The first-order valence-corrected chi connectivity index (χ1v) is 11.5. The molecule has 0 aromatic heterocycles. The monoisotopic (exact) mass is 734 g/mol. The molecule has 0 spiro atoms. The van der Waals surface area contributed by atoms with Crippen molar-refractivity contribution in [2.45, 2.75) is 73.8 Å². The average molecular weight is 735 g/mol. The van der Waals surface area contributed by atoms with Crippen LogP contribution in [-0.2, 0) is 18.1 Å². The van der Waals surface area contributed by atoms with Crippen LogP contribution in [0.15, 0.2) is 0 Å². The molecule has 0 aliphatic carbocycles. The van der Waals surface area contributed by atoms with E-state index in [9.17, 15) is 105 Å². The third-order valence-electron chi connectivity index (χ3n) is 3.48. The van der Waals surface area contributed by atoms with Gasteiger partial charge in [0.05, 0.1) is 0 Å². The fourth-order valence-electron chi connectivity index (χ4n) is 2.05. The summed E-state index contributed by atoms with van der Waals surface area (Å²) in [5, 5.41) is 0. The quantitative estimate of drug-likeness (QED) is 0.184. The first kappa shape index (κ1) is 40.9. The summed E-state index contributed by atoms with van der Waals surface area (Å²) < 4.78 is 320. The molecule has 0 bridgehead atoms. The van der Waals surface area contributed by atoms with Gasteiger partial charge in [-0.15, -0.1) is 0 Å². The van der Waals surface area contributed by atoms with E-state index in [1.807, 2.05) is 0 Å². The first-order chi connectivity index (χ1) is 17.7. The summed E-state index contributed by atoms with van der Waals surface area (Å²) in [4.78, 5) is 0. The van der Waals surface area contributed by atoms with Crippen LogP contribution in [0.5, 0.6) is 0 Å². The molecule has 0 radical (unpaired) electrons. The summed E-state index contributed by atoms with van der Waals surface area (Å²) in [5.74, 6) is 0. The van der Waals surface area contributed by atoms with Crippen molar-refractivity contribution in [3.8, 4) is 0 Å². The summed E-state index contributed by atoms with van der Waals surface area (Å²) in [6.07, 6.45) is -87.0. The van der Waals surface area contributed by atoms with Crippen molar-refractivity contribution >= 4 is 18.1 Å². The Morgan fingerprint density at radius 3 is 0.452 bits per heavy atom. The van der Waals surface area contributed by atoms with E-state index in [2.05, 4.69) is 29.3 Å². The summed E-state index contributed by atoms with van der Waals surface area (Å²) >= 11 is 4.27. The molecule has 0 aliphatic rings. The van der Waals surface area contributed by atoms with E-state index in [0.717, 1.165) is 0 Å². The number of rotatable bonds is 8. The molecular weight excluding hydrogens is 731 g/mol. The Labute approximate surface area is 216 Å². The molecule has 0 saturated carbocycles.